The Bertz CT molecular complexity index is 562. The molecular weight excluding hydrogens is 333 g/mol. The van der Waals surface area contributed by atoms with E-state index in [1.54, 1.807) is 12.1 Å². The van der Waals surface area contributed by atoms with Crippen LogP contribution < -0.4 is 5.32 Å². The van der Waals surface area contributed by atoms with E-state index >= 15 is 0 Å². The zero-order valence-electron chi connectivity index (χ0n) is 10.7. The van der Waals surface area contributed by atoms with Crippen LogP contribution in [-0.4, -0.2) is 26.0 Å². The van der Waals surface area contributed by atoms with Crippen LogP contribution in [0.1, 0.15) is 25.7 Å². The summed E-state index contributed by atoms with van der Waals surface area (Å²) < 4.78 is 36.7. The molecule has 0 bridgehead atoms. The van der Waals surface area contributed by atoms with Gasteiger partial charge in [-0.3, -0.25) is 0 Å². The van der Waals surface area contributed by atoms with Gasteiger partial charge < -0.3 is 5.32 Å². The molecule has 2 rings (SSSR count). The maximum absolute atomic E-state index is 13.1. The van der Waals surface area contributed by atoms with Gasteiger partial charge in [0.25, 0.3) is 0 Å². The first-order valence-corrected chi connectivity index (χ1v) is 9.01. The monoisotopic (exact) mass is 349 g/mol. The summed E-state index contributed by atoms with van der Waals surface area (Å²) in [6.07, 6.45) is 4.51. The Morgan fingerprint density at radius 1 is 1.37 bits per heavy atom. The fourth-order valence-corrected chi connectivity index (χ4v) is 4.04. The van der Waals surface area contributed by atoms with E-state index in [0.717, 1.165) is 24.9 Å². The molecule has 0 spiro atoms. The standard InChI is InChI=1S/C13H17BrFNO2S/c1-19(17,18)11-4-2-3-9(7-11)16-10-5-6-13(15)12(14)8-10/h5-6,8-9,11,16H,2-4,7H2,1H3. The minimum Gasteiger partial charge on any atom is -0.382 e. The first-order valence-electron chi connectivity index (χ1n) is 6.26. The van der Waals surface area contributed by atoms with Gasteiger partial charge in [0.2, 0.25) is 0 Å². The van der Waals surface area contributed by atoms with E-state index in [1.807, 2.05) is 0 Å². The SMILES string of the molecule is CS(=O)(=O)C1CCCC(Nc2ccc(F)c(Br)c2)C1. The van der Waals surface area contributed by atoms with Crippen LogP contribution >= 0.6 is 15.9 Å². The number of halogens is 2. The van der Waals surface area contributed by atoms with Gasteiger partial charge in [0, 0.05) is 18.0 Å². The molecule has 1 aliphatic rings. The molecule has 3 nitrogen and oxygen atoms in total. The van der Waals surface area contributed by atoms with Crippen molar-refractivity contribution in [3.8, 4) is 0 Å². The van der Waals surface area contributed by atoms with Crippen LogP contribution in [0.2, 0.25) is 0 Å². The number of sulfone groups is 1. The van der Waals surface area contributed by atoms with E-state index in [-0.39, 0.29) is 17.1 Å². The Kier molecular flexibility index (Phi) is 4.50. The van der Waals surface area contributed by atoms with Crippen molar-refractivity contribution in [1.82, 2.24) is 0 Å². The van der Waals surface area contributed by atoms with Crippen LogP contribution in [0.25, 0.3) is 0 Å². The van der Waals surface area contributed by atoms with E-state index in [1.165, 1.54) is 12.3 Å². The highest BCUT2D eigenvalue weighted by Crippen LogP contribution is 2.27. The van der Waals surface area contributed by atoms with Crippen LogP contribution in [0.3, 0.4) is 0 Å². The van der Waals surface area contributed by atoms with E-state index in [0.29, 0.717) is 10.9 Å². The predicted molar refractivity (Wildman–Crippen MR) is 78.6 cm³/mol. The second kappa shape index (κ2) is 5.79. The van der Waals surface area contributed by atoms with Gasteiger partial charge in [0.1, 0.15) is 15.7 Å². The largest absolute Gasteiger partial charge is 0.382 e. The number of hydrogen-bond acceptors (Lipinski definition) is 3. The smallest absolute Gasteiger partial charge is 0.150 e. The molecule has 1 aromatic carbocycles. The summed E-state index contributed by atoms with van der Waals surface area (Å²) in [5.74, 6) is -0.303. The molecule has 0 amide bonds. The van der Waals surface area contributed by atoms with Crippen molar-refractivity contribution in [3.05, 3.63) is 28.5 Å². The lowest BCUT2D eigenvalue weighted by atomic mass is 9.95. The quantitative estimate of drug-likeness (QED) is 0.909. The molecule has 19 heavy (non-hydrogen) atoms. The lowest BCUT2D eigenvalue weighted by molar-refractivity contribution is 0.453. The van der Waals surface area contributed by atoms with Crippen LogP contribution in [0.15, 0.2) is 22.7 Å². The first kappa shape index (κ1) is 14.8. The zero-order chi connectivity index (χ0) is 14.0. The van der Waals surface area contributed by atoms with Crippen LogP contribution in [0.4, 0.5) is 10.1 Å². The van der Waals surface area contributed by atoms with E-state index in [2.05, 4.69) is 21.2 Å². The molecule has 2 unspecified atom stereocenters. The second-order valence-electron chi connectivity index (χ2n) is 5.09. The molecule has 0 aliphatic heterocycles. The molecule has 2 atom stereocenters. The highest BCUT2D eigenvalue weighted by atomic mass is 79.9. The Hall–Kier alpha value is -0.620. The lowest BCUT2D eigenvalue weighted by Gasteiger charge is -2.29. The van der Waals surface area contributed by atoms with Crippen molar-refractivity contribution < 1.29 is 12.8 Å². The van der Waals surface area contributed by atoms with Gasteiger partial charge in [-0.2, -0.15) is 0 Å². The first-order chi connectivity index (χ1) is 8.86. The van der Waals surface area contributed by atoms with Gasteiger partial charge in [-0.05, 0) is 53.4 Å². The summed E-state index contributed by atoms with van der Waals surface area (Å²) in [7, 11) is -2.98. The van der Waals surface area contributed by atoms with E-state index in [9.17, 15) is 12.8 Å². The third-order valence-electron chi connectivity index (χ3n) is 3.52. The summed E-state index contributed by atoms with van der Waals surface area (Å²) in [6, 6.07) is 4.87. The highest BCUT2D eigenvalue weighted by molar-refractivity contribution is 9.10. The summed E-state index contributed by atoms with van der Waals surface area (Å²) in [6.45, 7) is 0. The number of benzene rings is 1. The maximum Gasteiger partial charge on any atom is 0.150 e. The molecule has 0 radical (unpaired) electrons. The van der Waals surface area contributed by atoms with Crippen LogP contribution in [-0.2, 0) is 9.84 Å². The summed E-state index contributed by atoms with van der Waals surface area (Å²) >= 11 is 3.14. The lowest BCUT2D eigenvalue weighted by Crippen LogP contribution is -2.34. The summed E-state index contributed by atoms with van der Waals surface area (Å²) in [4.78, 5) is 0. The Labute approximate surface area is 121 Å². The van der Waals surface area contributed by atoms with Crippen molar-refractivity contribution in [2.75, 3.05) is 11.6 Å². The molecule has 1 aliphatic carbocycles. The molecule has 1 saturated carbocycles. The molecule has 0 heterocycles. The predicted octanol–water partition coefficient (Wildman–Crippen LogP) is 3.36. The van der Waals surface area contributed by atoms with Gasteiger partial charge in [0.05, 0.1) is 9.72 Å². The highest BCUT2D eigenvalue weighted by Gasteiger charge is 2.28. The average molecular weight is 350 g/mol. The molecule has 6 heteroatoms. The fraction of sp³-hybridized carbons (Fsp3) is 0.538. The van der Waals surface area contributed by atoms with Crippen molar-refractivity contribution in [1.29, 1.82) is 0 Å². The van der Waals surface area contributed by atoms with Crippen LogP contribution in [0, 0.1) is 5.82 Å². The number of rotatable bonds is 3. The van der Waals surface area contributed by atoms with Gasteiger partial charge >= 0.3 is 0 Å². The van der Waals surface area contributed by atoms with Crippen LogP contribution in [0.5, 0.6) is 0 Å². The topological polar surface area (TPSA) is 46.2 Å². The molecule has 1 aromatic rings. The van der Waals surface area contributed by atoms with Crippen molar-refractivity contribution in [2.24, 2.45) is 0 Å². The van der Waals surface area contributed by atoms with Gasteiger partial charge in [-0.1, -0.05) is 6.42 Å². The van der Waals surface area contributed by atoms with E-state index in [4.69, 9.17) is 0 Å². The van der Waals surface area contributed by atoms with Gasteiger partial charge in [-0.15, -0.1) is 0 Å². The van der Waals surface area contributed by atoms with Gasteiger partial charge in [0.15, 0.2) is 0 Å². The Morgan fingerprint density at radius 3 is 2.74 bits per heavy atom. The molecule has 0 saturated heterocycles. The second-order valence-corrected chi connectivity index (χ2v) is 8.27. The Balaban J connectivity index is 2.04. The third kappa shape index (κ3) is 3.92. The van der Waals surface area contributed by atoms with Crippen molar-refractivity contribution in [2.45, 2.75) is 37.0 Å². The van der Waals surface area contributed by atoms with Crippen molar-refractivity contribution >= 4 is 31.5 Å². The average Bonchev–Trinajstić information content (AvgIpc) is 2.33. The molecular formula is C13H17BrFNO2S. The van der Waals surface area contributed by atoms with Gasteiger partial charge in [-0.25, -0.2) is 12.8 Å². The minimum atomic E-state index is -2.98. The Morgan fingerprint density at radius 2 is 2.11 bits per heavy atom. The summed E-state index contributed by atoms with van der Waals surface area (Å²) in [5, 5.41) is 3.03. The zero-order valence-corrected chi connectivity index (χ0v) is 13.1. The normalized spacial score (nSPS) is 24.2. The molecule has 106 valence electrons. The molecule has 1 N–H and O–H groups in total. The number of anilines is 1. The minimum absolute atomic E-state index is 0.130. The molecule has 0 aromatic heterocycles. The summed E-state index contributed by atoms with van der Waals surface area (Å²) in [5.41, 5.74) is 0.812. The number of hydrogen-bond donors (Lipinski definition) is 1. The number of nitrogens with one attached hydrogen (secondary N) is 1. The third-order valence-corrected chi connectivity index (χ3v) is 5.77. The molecule has 1 fully saturated rings. The maximum atomic E-state index is 13.1. The van der Waals surface area contributed by atoms with Crippen molar-refractivity contribution in [3.63, 3.8) is 0 Å². The van der Waals surface area contributed by atoms with E-state index < -0.39 is 9.84 Å². The fourth-order valence-electron chi connectivity index (χ4n) is 2.49.